The van der Waals surface area contributed by atoms with Crippen molar-refractivity contribution < 1.29 is 19.1 Å². The number of carbonyl (C=O) groups is 2. The highest BCUT2D eigenvalue weighted by Crippen LogP contribution is 2.49. The Balaban J connectivity index is 1.54. The number of nitrogens with one attached hydrogen (secondary N) is 1. The van der Waals surface area contributed by atoms with Gasteiger partial charge in [0, 0.05) is 17.0 Å². The maximum absolute atomic E-state index is 14.1. The number of ether oxygens (including phenoxy) is 2. The van der Waals surface area contributed by atoms with E-state index in [0.29, 0.717) is 31.0 Å². The van der Waals surface area contributed by atoms with E-state index in [-0.39, 0.29) is 5.78 Å². The molecule has 0 aliphatic heterocycles. The minimum Gasteiger partial charge on any atom is -0.495 e. The van der Waals surface area contributed by atoms with Crippen molar-refractivity contribution in [2.75, 3.05) is 13.7 Å². The van der Waals surface area contributed by atoms with Gasteiger partial charge in [-0.05, 0) is 69.4 Å². The molecule has 1 fully saturated rings. The number of thiazole rings is 1. The number of benzene rings is 1. The van der Waals surface area contributed by atoms with E-state index in [1.807, 2.05) is 31.2 Å². The Labute approximate surface area is 248 Å². The number of aryl methyl sites for hydroxylation is 2. The molecule has 2 aromatic heterocycles. The third-order valence-corrected chi connectivity index (χ3v) is 8.89. The maximum atomic E-state index is 14.1. The van der Waals surface area contributed by atoms with Gasteiger partial charge < -0.3 is 14.8 Å². The standard InChI is InChI=1S/C32H39N3O4SSi/c1-7-39-31(37)29-22(2)40-28(35-29)21-33-26(13-11-23-9-8-10-24(19-23)15-18-41(4,5)6)30(36)32(16-17-32)27-14-12-25(38-3)20-34-27/h8-10,12,14,19-20,26,33H,7,11,13,16-17,21H2,1-6H3. The molecule has 0 saturated heterocycles. The van der Waals surface area contributed by atoms with E-state index in [2.05, 4.69) is 58.5 Å². The number of rotatable bonds is 12. The molecule has 9 heteroatoms. The Bertz CT molecular complexity index is 1450. The summed E-state index contributed by atoms with van der Waals surface area (Å²) in [4.78, 5) is 36.3. The molecule has 1 saturated carbocycles. The summed E-state index contributed by atoms with van der Waals surface area (Å²) in [5.74, 6) is 3.73. The zero-order chi connectivity index (χ0) is 29.6. The van der Waals surface area contributed by atoms with Crippen molar-refractivity contribution in [3.8, 4) is 17.2 Å². The van der Waals surface area contributed by atoms with E-state index < -0.39 is 25.5 Å². The van der Waals surface area contributed by atoms with Crippen molar-refractivity contribution in [2.45, 2.75) is 77.2 Å². The highest BCUT2D eigenvalue weighted by Gasteiger charge is 2.54. The molecular formula is C32H39N3O4SSi. The van der Waals surface area contributed by atoms with Crippen LogP contribution in [-0.4, -0.2) is 49.6 Å². The first kappa shape index (κ1) is 30.6. The number of hydrogen-bond acceptors (Lipinski definition) is 8. The summed E-state index contributed by atoms with van der Waals surface area (Å²) in [7, 11) is 0.123. The van der Waals surface area contributed by atoms with Crippen molar-refractivity contribution >= 4 is 31.2 Å². The van der Waals surface area contributed by atoms with E-state index in [9.17, 15) is 9.59 Å². The second kappa shape index (κ2) is 13.1. The summed E-state index contributed by atoms with van der Waals surface area (Å²) in [6.45, 7) is 11.0. The van der Waals surface area contributed by atoms with E-state index in [0.717, 1.165) is 46.0 Å². The predicted octanol–water partition coefficient (Wildman–Crippen LogP) is 5.65. The third kappa shape index (κ3) is 7.91. The molecule has 1 aromatic carbocycles. The van der Waals surface area contributed by atoms with Gasteiger partial charge in [0.2, 0.25) is 0 Å². The molecule has 1 unspecified atom stereocenters. The second-order valence-electron chi connectivity index (χ2n) is 11.4. The molecule has 0 amide bonds. The predicted molar refractivity (Wildman–Crippen MR) is 165 cm³/mol. The Morgan fingerprint density at radius 1 is 1.20 bits per heavy atom. The van der Waals surface area contributed by atoms with Gasteiger partial charge in [0.05, 0.1) is 37.1 Å². The van der Waals surface area contributed by atoms with Crippen molar-refractivity contribution in [2.24, 2.45) is 0 Å². The fourth-order valence-electron chi connectivity index (χ4n) is 4.70. The van der Waals surface area contributed by atoms with Crippen LogP contribution in [0.3, 0.4) is 0 Å². The Morgan fingerprint density at radius 2 is 1.98 bits per heavy atom. The van der Waals surface area contributed by atoms with Crippen LogP contribution < -0.4 is 10.1 Å². The van der Waals surface area contributed by atoms with Crippen LogP contribution in [0.5, 0.6) is 5.75 Å². The van der Waals surface area contributed by atoms with Crippen LogP contribution in [0.2, 0.25) is 19.6 Å². The average Bonchev–Trinajstić information content (AvgIpc) is 3.68. The smallest absolute Gasteiger partial charge is 0.358 e. The fourth-order valence-corrected chi connectivity index (χ4v) is 6.09. The number of aromatic nitrogens is 2. The first-order valence-electron chi connectivity index (χ1n) is 14.1. The number of ketones is 1. The quantitative estimate of drug-likeness (QED) is 0.166. The first-order valence-corrected chi connectivity index (χ1v) is 18.4. The lowest BCUT2D eigenvalue weighted by Gasteiger charge is -2.23. The molecule has 0 spiro atoms. The molecule has 0 radical (unpaired) electrons. The van der Waals surface area contributed by atoms with Gasteiger partial charge in [-0.3, -0.25) is 9.78 Å². The van der Waals surface area contributed by atoms with Gasteiger partial charge in [-0.25, -0.2) is 9.78 Å². The minimum atomic E-state index is -1.48. The molecule has 0 bridgehead atoms. The van der Waals surface area contributed by atoms with Gasteiger partial charge in [-0.2, -0.15) is 0 Å². The molecule has 2 heterocycles. The summed E-state index contributed by atoms with van der Waals surface area (Å²) in [6.07, 6.45) is 4.57. The molecular weight excluding hydrogens is 551 g/mol. The van der Waals surface area contributed by atoms with Gasteiger partial charge in [-0.1, -0.05) is 37.7 Å². The Hall–Kier alpha value is -3.32. The molecule has 1 aliphatic rings. The number of esters is 1. The van der Waals surface area contributed by atoms with Gasteiger partial charge in [0.25, 0.3) is 0 Å². The van der Waals surface area contributed by atoms with Gasteiger partial charge >= 0.3 is 5.97 Å². The topological polar surface area (TPSA) is 90.4 Å². The SMILES string of the molecule is CCOC(=O)c1nc(CNC(CCc2cccc(C#C[Si](C)(C)C)c2)C(=O)C2(c3ccc(OC)cn3)CC2)sc1C. The molecule has 1 aliphatic carbocycles. The second-order valence-corrected chi connectivity index (χ2v) is 17.5. The number of pyridine rings is 1. The van der Waals surface area contributed by atoms with E-state index in [4.69, 9.17) is 9.47 Å². The Kier molecular flexibility index (Phi) is 9.79. The molecule has 1 N–H and O–H groups in total. The maximum Gasteiger partial charge on any atom is 0.358 e. The monoisotopic (exact) mass is 589 g/mol. The number of nitrogens with zero attached hydrogens (tertiary/aromatic N) is 2. The third-order valence-electron chi connectivity index (χ3n) is 7.04. The van der Waals surface area contributed by atoms with Crippen LogP contribution in [0.4, 0.5) is 0 Å². The van der Waals surface area contributed by atoms with Crippen LogP contribution in [0.1, 0.15) is 63.4 Å². The highest BCUT2D eigenvalue weighted by molar-refractivity contribution is 7.11. The zero-order valence-corrected chi connectivity index (χ0v) is 26.6. The van der Waals surface area contributed by atoms with Crippen LogP contribution >= 0.6 is 11.3 Å². The van der Waals surface area contributed by atoms with Crippen LogP contribution in [0, 0.1) is 18.4 Å². The summed E-state index contributed by atoms with van der Waals surface area (Å²) < 4.78 is 10.4. The number of hydrogen-bond donors (Lipinski definition) is 1. The minimum absolute atomic E-state index is 0.142. The number of Topliss-reactive ketones (excluding diaryl/α,β-unsaturated/α-hetero) is 1. The highest BCUT2D eigenvalue weighted by atomic mass is 32.1. The normalized spacial score (nSPS) is 14.5. The fraction of sp³-hybridized carbons (Fsp3) is 0.438. The van der Waals surface area contributed by atoms with Crippen LogP contribution in [0.15, 0.2) is 42.6 Å². The molecule has 4 rings (SSSR count). The summed E-state index contributed by atoms with van der Waals surface area (Å²) >= 11 is 1.45. The van der Waals surface area contributed by atoms with Gasteiger partial charge in [-0.15, -0.1) is 16.9 Å². The average molecular weight is 590 g/mol. The lowest BCUT2D eigenvalue weighted by Crippen LogP contribution is -2.43. The summed E-state index contributed by atoms with van der Waals surface area (Å²) in [5.41, 5.74) is 6.12. The van der Waals surface area contributed by atoms with Crippen LogP contribution in [0.25, 0.3) is 0 Å². The molecule has 216 valence electrons. The van der Waals surface area contributed by atoms with Crippen molar-refractivity contribution in [1.82, 2.24) is 15.3 Å². The van der Waals surface area contributed by atoms with Crippen molar-refractivity contribution in [3.05, 3.63) is 75.0 Å². The molecule has 41 heavy (non-hydrogen) atoms. The van der Waals surface area contributed by atoms with Crippen molar-refractivity contribution in [3.63, 3.8) is 0 Å². The number of methoxy groups -OCH3 is 1. The van der Waals surface area contributed by atoms with E-state index in [1.54, 1.807) is 20.2 Å². The summed E-state index contributed by atoms with van der Waals surface area (Å²) in [6, 6.07) is 11.6. The van der Waals surface area contributed by atoms with Gasteiger partial charge in [0.15, 0.2) is 11.5 Å². The lowest BCUT2D eigenvalue weighted by atomic mass is 9.88. The first-order chi connectivity index (χ1) is 19.5. The summed E-state index contributed by atoms with van der Waals surface area (Å²) in [5, 5.41) is 4.24. The lowest BCUT2D eigenvalue weighted by molar-refractivity contribution is -0.123. The molecule has 7 nitrogen and oxygen atoms in total. The molecule has 3 aromatic rings. The number of carbonyl (C=O) groups excluding carboxylic acids is 2. The Morgan fingerprint density at radius 3 is 2.61 bits per heavy atom. The van der Waals surface area contributed by atoms with E-state index >= 15 is 0 Å². The van der Waals surface area contributed by atoms with Crippen molar-refractivity contribution in [1.29, 1.82) is 0 Å². The zero-order valence-electron chi connectivity index (χ0n) is 24.8. The largest absolute Gasteiger partial charge is 0.495 e. The van der Waals surface area contributed by atoms with Crippen LogP contribution in [-0.2, 0) is 27.9 Å². The van der Waals surface area contributed by atoms with E-state index in [1.165, 1.54) is 11.3 Å². The van der Waals surface area contributed by atoms with Gasteiger partial charge in [0.1, 0.15) is 18.8 Å². The molecule has 1 atom stereocenters.